The fourth-order valence-electron chi connectivity index (χ4n) is 2.09. The van der Waals surface area contributed by atoms with Crippen molar-refractivity contribution in [2.45, 2.75) is 40.2 Å². The smallest absolute Gasteiger partial charge is 0.226 e. The summed E-state index contributed by atoms with van der Waals surface area (Å²) >= 11 is 0. The van der Waals surface area contributed by atoms with Crippen molar-refractivity contribution in [2.24, 2.45) is 4.99 Å². The van der Waals surface area contributed by atoms with E-state index in [1.165, 1.54) is 5.56 Å². The summed E-state index contributed by atoms with van der Waals surface area (Å²) in [5, 5.41) is 6.55. The summed E-state index contributed by atoms with van der Waals surface area (Å²) in [7, 11) is 0. The molecule has 1 heterocycles. The lowest BCUT2D eigenvalue weighted by atomic mass is 10.1. The highest BCUT2D eigenvalue weighted by Crippen LogP contribution is 2.19. The van der Waals surface area contributed by atoms with E-state index in [0.29, 0.717) is 12.4 Å². The van der Waals surface area contributed by atoms with Gasteiger partial charge in [-0.15, -0.1) is 0 Å². The molecule has 23 heavy (non-hydrogen) atoms. The molecule has 0 spiro atoms. The number of oxazole rings is 1. The summed E-state index contributed by atoms with van der Waals surface area (Å²) in [6.07, 6.45) is 3.97. The van der Waals surface area contributed by atoms with E-state index in [1.807, 2.05) is 12.1 Å². The van der Waals surface area contributed by atoms with Gasteiger partial charge in [0.2, 0.25) is 5.89 Å². The second-order valence-electron chi connectivity index (χ2n) is 5.49. The van der Waals surface area contributed by atoms with Crippen LogP contribution in [-0.4, -0.2) is 24.0 Å². The van der Waals surface area contributed by atoms with E-state index in [0.717, 1.165) is 43.1 Å². The quantitative estimate of drug-likeness (QED) is 0.466. The Kier molecular flexibility index (Phi) is 6.66. The Hall–Kier alpha value is -2.30. The van der Waals surface area contributed by atoms with Crippen LogP contribution >= 0.6 is 0 Å². The number of hydrogen-bond donors (Lipinski definition) is 2. The van der Waals surface area contributed by atoms with Crippen molar-refractivity contribution >= 4 is 5.96 Å². The fraction of sp³-hybridized carbons (Fsp3) is 0.444. The molecule has 0 amide bonds. The van der Waals surface area contributed by atoms with Crippen LogP contribution in [0.2, 0.25) is 0 Å². The third kappa shape index (κ3) is 5.43. The number of aromatic nitrogens is 1. The highest BCUT2D eigenvalue weighted by atomic mass is 16.3. The van der Waals surface area contributed by atoms with Gasteiger partial charge in [0.05, 0.1) is 6.54 Å². The van der Waals surface area contributed by atoms with Gasteiger partial charge in [-0.2, -0.15) is 0 Å². The van der Waals surface area contributed by atoms with Crippen LogP contribution in [0.15, 0.2) is 39.9 Å². The molecular formula is C18H26N4O. The summed E-state index contributed by atoms with van der Waals surface area (Å²) in [6.45, 7) is 8.56. The van der Waals surface area contributed by atoms with Crippen LogP contribution in [0.25, 0.3) is 11.5 Å². The third-order valence-corrected chi connectivity index (χ3v) is 3.42. The van der Waals surface area contributed by atoms with E-state index >= 15 is 0 Å². The second-order valence-corrected chi connectivity index (χ2v) is 5.49. The van der Waals surface area contributed by atoms with Gasteiger partial charge in [0.1, 0.15) is 12.0 Å². The van der Waals surface area contributed by atoms with E-state index in [2.05, 4.69) is 53.5 Å². The Balaban J connectivity index is 1.99. The van der Waals surface area contributed by atoms with E-state index in [-0.39, 0.29) is 0 Å². The standard InChI is InChI=1S/C18H26N4O/c1-4-6-11-20-18(19-5-2)21-12-16-13-23-17(22-16)15-9-7-14(3)8-10-15/h7-10,13H,4-6,11-12H2,1-3H3,(H2,19,20,21). The average molecular weight is 314 g/mol. The normalized spacial score (nSPS) is 11.5. The van der Waals surface area contributed by atoms with Crippen LogP contribution < -0.4 is 10.6 Å². The summed E-state index contributed by atoms with van der Waals surface area (Å²) < 4.78 is 5.56. The number of nitrogens with one attached hydrogen (secondary N) is 2. The lowest BCUT2D eigenvalue weighted by Gasteiger charge is -2.10. The SMILES string of the molecule is CCCCNC(=NCc1coc(-c2ccc(C)cc2)n1)NCC. The predicted octanol–water partition coefficient (Wildman–Crippen LogP) is 3.51. The molecule has 0 fully saturated rings. The summed E-state index contributed by atoms with van der Waals surface area (Å²) in [5.74, 6) is 1.46. The first-order chi connectivity index (χ1) is 11.2. The first-order valence-corrected chi connectivity index (χ1v) is 8.26. The van der Waals surface area contributed by atoms with Crippen LogP contribution in [0.3, 0.4) is 0 Å². The number of guanidine groups is 1. The minimum Gasteiger partial charge on any atom is -0.444 e. The molecular weight excluding hydrogens is 288 g/mol. The fourth-order valence-corrected chi connectivity index (χ4v) is 2.09. The van der Waals surface area contributed by atoms with Crippen molar-refractivity contribution in [3.8, 4) is 11.5 Å². The van der Waals surface area contributed by atoms with Crippen molar-refractivity contribution in [2.75, 3.05) is 13.1 Å². The topological polar surface area (TPSA) is 62.5 Å². The van der Waals surface area contributed by atoms with Crippen molar-refractivity contribution < 1.29 is 4.42 Å². The molecule has 1 aromatic heterocycles. The zero-order valence-corrected chi connectivity index (χ0v) is 14.2. The molecule has 5 nitrogen and oxygen atoms in total. The minimum atomic E-state index is 0.497. The number of nitrogens with zero attached hydrogens (tertiary/aromatic N) is 2. The molecule has 0 bridgehead atoms. The summed E-state index contributed by atoms with van der Waals surface area (Å²) in [5.41, 5.74) is 3.03. The Bertz CT molecular complexity index is 616. The molecule has 0 radical (unpaired) electrons. The molecule has 0 aliphatic heterocycles. The molecule has 1 aromatic carbocycles. The Morgan fingerprint density at radius 2 is 1.96 bits per heavy atom. The number of aliphatic imine (C=N–C) groups is 1. The van der Waals surface area contributed by atoms with Gasteiger partial charge < -0.3 is 15.1 Å². The lowest BCUT2D eigenvalue weighted by Crippen LogP contribution is -2.37. The molecule has 2 rings (SSSR count). The summed E-state index contributed by atoms with van der Waals surface area (Å²) in [6, 6.07) is 8.14. The first-order valence-electron chi connectivity index (χ1n) is 8.26. The zero-order chi connectivity index (χ0) is 16.5. The van der Waals surface area contributed by atoms with Gasteiger partial charge in [-0.25, -0.2) is 9.98 Å². The van der Waals surface area contributed by atoms with Crippen LogP contribution in [0.4, 0.5) is 0 Å². The molecule has 0 aliphatic carbocycles. The van der Waals surface area contributed by atoms with Gasteiger partial charge in [0, 0.05) is 18.7 Å². The van der Waals surface area contributed by atoms with Gasteiger partial charge in [-0.1, -0.05) is 31.0 Å². The Labute approximate surface area is 138 Å². The zero-order valence-electron chi connectivity index (χ0n) is 14.2. The Morgan fingerprint density at radius 1 is 1.17 bits per heavy atom. The highest BCUT2D eigenvalue weighted by molar-refractivity contribution is 5.79. The minimum absolute atomic E-state index is 0.497. The third-order valence-electron chi connectivity index (χ3n) is 3.42. The van der Waals surface area contributed by atoms with Crippen LogP contribution in [0.1, 0.15) is 37.9 Å². The van der Waals surface area contributed by atoms with Crippen molar-refractivity contribution in [3.63, 3.8) is 0 Å². The molecule has 2 N–H and O–H groups in total. The van der Waals surface area contributed by atoms with Crippen LogP contribution in [0.5, 0.6) is 0 Å². The number of unbranched alkanes of at least 4 members (excludes halogenated alkanes) is 1. The number of rotatable bonds is 7. The molecule has 0 atom stereocenters. The maximum Gasteiger partial charge on any atom is 0.226 e. The molecule has 0 aliphatic rings. The number of hydrogen-bond acceptors (Lipinski definition) is 3. The van der Waals surface area contributed by atoms with Gasteiger partial charge in [0.15, 0.2) is 5.96 Å². The monoisotopic (exact) mass is 314 g/mol. The summed E-state index contributed by atoms with van der Waals surface area (Å²) in [4.78, 5) is 9.06. The second kappa shape index (κ2) is 8.98. The maximum atomic E-state index is 5.56. The molecule has 124 valence electrons. The molecule has 0 saturated carbocycles. The molecule has 5 heteroatoms. The van der Waals surface area contributed by atoms with E-state index in [4.69, 9.17) is 4.42 Å². The van der Waals surface area contributed by atoms with Gasteiger partial charge >= 0.3 is 0 Å². The van der Waals surface area contributed by atoms with Crippen molar-refractivity contribution in [1.29, 1.82) is 0 Å². The van der Waals surface area contributed by atoms with Crippen molar-refractivity contribution in [1.82, 2.24) is 15.6 Å². The lowest BCUT2D eigenvalue weighted by molar-refractivity contribution is 0.572. The van der Waals surface area contributed by atoms with Crippen LogP contribution in [-0.2, 0) is 6.54 Å². The first kappa shape index (κ1) is 17.1. The Morgan fingerprint density at radius 3 is 2.65 bits per heavy atom. The van der Waals surface area contributed by atoms with Crippen LogP contribution in [0, 0.1) is 6.92 Å². The number of aryl methyl sites for hydroxylation is 1. The molecule has 0 saturated heterocycles. The molecule has 0 unspecified atom stereocenters. The number of benzene rings is 1. The van der Waals surface area contributed by atoms with E-state index in [1.54, 1.807) is 6.26 Å². The average Bonchev–Trinajstić information content (AvgIpc) is 3.02. The van der Waals surface area contributed by atoms with E-state index < -0.39 is 0 Å². The van der Waals surface area contributed by atoms with Gasteiger partial charge in [0.25, 0.3) is 0 Å². The van der Waals surface area contributed by atoms with Gasteiger partial charge in [-0.3, -0.25) is 0 Å². The van der Waals surface area contributed by atoms with Crippen molar-refractivity contribution in [3.05, 3.63) is 41.8 Å². The predicted molar refractivity (Wildman–Crippen MR) is 94.4 cm³/mol. The van der Waals surface area contributed by atoms with E-state index in [9.17, 15) is 0 Å². The largest absolute Gasteiger partial charge is 0.444 e. The molecule has 2 aromatic rings. The highest BCUT2D eigenvalue weighted by Gasteiger charge is 2.06. The maximum absolute atomic E-state index is 5.56. The van der Waals surface area contributed by atoms with Gasteiger partial charge in [-0.05, 0) is 32.4 Å².